The van der Waals surface area contributed by atoms with Crippen molar-refractivity contribution in [3.05, 3.63) is 88.9 Å². The first kappa shape index (κ1) is 22.7. The van der Waals surface area contributed by atoms with Gasteiger partial charge < -0.3 is 9.47 Å². The first-order valence-electron chi connectivity index (χ1n) is 9.53. The molecule has 0 aliphatic heterocycles. The van der Waals surface area contributed by atoms with Crippen LogP contribution in [-0.4, -0.2) is 28.1 Å². The lowest BCUT2D eigenvalue weighted by atomic mass is 10.1. The molecular weight excluding hydrogens is 438 g/mol. The molecule has 0 spiro atoms. The summed E-state index contributed by atoms with van der Waals surface area (Å²) in [6.07, 6.45) is 0. The molecular formula is C23H22ClNO5S. The molecule has 0 bridgehead atoms. The summed E-state index contributed by atoms with van der Waals surface area (Å²) in [5.74, 6) is 0.151. The fourth-order valence-corrected chi connectivity index (χ4v) is 4.58. The van der Waals surface area contributed by atoms with Gasteiger partial charge in [0.25, 0.3) is 10.0 Å². The lowest BCUT2D eigenvalue weighted by Gasteiger charge is -2.25. The number of methoxy groups -OCH3 is 1. The minimum absolute atomic E-state index is 0.0176. The first-order valence-corrected chi connectivity index (χ1v) is 11.4. The highest BCUT2D eigenvalue weighted by atomic mass is 35.5. The number of esters is 1. The molecule has 0 unspecified atom stereocenters. The average Bonchev–Trinajstić information content (AvgIpc) is 2.78. The second-order valence-corrected chi connectivity index (χ2v) is 8.88. The summed E-state index contributed by atoms with van der Waals surface area (Å²) in [4.78, 5) is 12.0. The molecule has 0 atom stereocenters. The molecule has 8 heteroatoms. The predicted molar refractivity (Wildman–Crippen MR) is 120 cm³/mol. The molecule has 31 heavy (non-hydrogen) atoms. The summed E-state index contributed by atoms with van der Waals surface area (Å²) in [5, 5.41) is 0.442. The smallest absolute Gasteiger partial charge is 0.337 e. The second-order valence-electron chi connectivity index (χ2n) is 6.58. The second kappa shape index (κ2) is 9.85. The average molecular weight is 460 g/mol. The number of anilines is 1. The number of nitrogens with zero attached hydrogens (tertiary/aromatic N) is 1. The van der Waals surface area contributed by atoms with Gasteiger partial charge in [0.1, 0.15) is 5.75 Å². The van der Waals surface area contributed by atoms with E-state index in [-0.39, 0.29) is 11.4 Å². The molecule has 0 fully saturated rings. The maximum atomic E-state index is 13.5. The predicted octanol–water partition coefficient (Wildman–Crippen LogP) is 4.92. The van der Waals surface area contributed by atoms with E-state index in [0.717, 1.165) is 0 Å². The van der Waals surface area contributed by atoms with E-state index in [0.29, 0.717) is 34.2 Å². The fourth-order valence-electron chi connectivity index (χ4n) is 3.00. The zero-order chi connectivity index (χ0) is 22.4. The van der Waals surface area contributed by atoms with Crippen LogP contribution in [0, 0.1) is 0 Å². The summed E-state index contributed by atoms with van der Waals surface area (Å²) >= 11 is 5.93. The van der Waals surface area contributed by atoms with E-state index in [1.807, 2.05) is 6.92 Å². The number of benzene rings is 3. The van der Waals surface area contributed by atoms with Crippen LogP contribution in [0.15, 0.2) is 77.7 Å². The zero-order valence-corrected chi connectivity index (χ0v) is 18.7. The van der Waals surface area contributed by atoms with Gasteiger partial charge in [0.2, 0.25) is 0 Å². The van der Waals surface area contributed by atoms with Crippen molar-refractivity contribution in [3.63, 3.8) is 0 Å². The van der Waals surface area contributed by atoms with Crippen molar-refractivity contribution in [1.29, 1.82) is 0 Å². The number of carbonyl (C=O) groups is 1. The van der Waals surface area contributed by atoms with Gasteiger partial charge in [-0.25, -0.2) is 13.2 Å². The Hall–Kier alpha value is -3.03. The summed E-state index contributed by atoms with van der Waals surface area (Å²) in [7, 11) is -2.62. The minimum Gasteiger partial charge on any atom is -0.494 e. The topological polar surface area (TPSA) is 72.9 Å². The number of rotatable bonds is 8. The highest BCUT2D eigenvalue weighted by Gasteiger charge is 2.25. The van der Waals surface area contributed by atoms with Crippen molar-refractivity contribution in [2.45, 2.75) is 18.4 Å². The number of sulfonamides is 1. The van der Waals surface area contributed by atoms with Gasteiger partial charge in [-0.05, 0) is 73.2 Å². The number of hydrogen-bond acceptors (Lipinski definition) is 5. The van der Waals surface area contributed by atoms with Crippen molar-refractivity contribution in [2.75, 3.05) is 18.0 Å². The van der Waals surface area contributed by atoms with Gasteiger partial charge in [-0.2, -0.15) is 0 Å². The van der Waals surface area contributed by atoms with Crippen LogP contribution in [0.5, 0.6) is 5.75 Å². The Kier molecular flexibility index (Phi) is 7.20. The summed E-state index contributed by atoms with van der Waals surface area (Å²) in [6, 6.07) is 19.5. The van der Waals surface area contributed by atoms with Crippen LogP contribution in [0.1, 0.15) is 22.8 Å². The molecule has 0 aliphatic carbocycles. The van der Waals surface area contributed by atoms with E-state index >= 15 is 0 Å². The van der Waals surface area contributed by atoms with E-state index in [1.54, 1.807) is 48.5 Å². The molecule has 0 amide bonds. The van der Waals surface area contributed by atoms with Crippen LogP contribution in [0.25, 0.3) is 0 Å². The molecule has 3 aromatic carbocycles. The largest absolute Gasteiger partial charge is 0.494 e. The van der Waals surface area contributed by atoms with E-state index in [4.69, 9.17) is 21.1 Å². The number of hydrogen-bond donors (Lipinski definition) is 0. The Labute approximate surface area is 187 Å². The van der Waals surface area contributed by atoms with Crippen molar-refractivity contribution >= 4 is 33.3 Å². The van der Waals surface area contributed by atoms with E-state index in [1.165, 1.54) is 35.7 Å². The third kappa shape index (κ3) is 5.37. The zero-order valence-electron chi connectivity index (χ0n) is 17.1. The quantitative estimate of drug-likeness (QED) is 0.447. The van der Waals surface area contributed by atoms with Gasteiger partial charge in [0.05, 0.1) is 36.4 Å². The molecule has 0 N–H and O–H groups in total. The Morgan fingerprint density at radius 3 is 2.29 bits per heavy atom. The van der Waals surface area contributed by atoms with Crippen LogP contribution in [0.2, 0.25) is 5.02 Å². The SMILES string of the molecule is CCOc1ccc(N(Cc2cccc(C(=O)OC)c2)S(=O)(=O)c2ccc(Cl)cc2)cc1. The van der Waals surface area contributed by atoms with E-state index in [2.05, 4.69) is 0 Å². The molecule has 3 rings (SSSR count). The van der Waals surface area contributed by atoms with Gasteiger partial charge >= 0.3 is 5.97 Å². The van der Waals surface area contributed by atoms with E-state index in [9.17, 15) is 13.2 Å². The van der Waals surface area contributed by atoms with Gasteiger partial charge in [0.15, 0.2) is 0 Å². The van der Waals surface area contributed by atoms with Crippen molar-refractivity contribution in [3.8, 4) is 5.75 Å². The number of carbonyl (C=O) groups excluding carboxylic acids is 1. The molecule has 0 aliphatic rings. The molecule has 0 saturated carbocycles. The van der Waals surface area contributed by atoms with Gasteiger partial charge in [0, 0.05) is 5.02 Å². The highest BCUT2D eigenvalue weighted by molar-refractivity contribution is 7.92. The molecule has 0 heterocycles. The molecule has 0 radical (unpaired) electrons. The van der Waals surface area contributed by atoms with Crippen molar-refractivity contribution < 1.29 is 22.7 Å². The number of ether oxygens (including phenoxy) is 2. The van der Waals surface area contributed by atoms with Gasteiger partial charge in [-0.3, -0.25) is 4.31 Å². The third-order valence-corrected chi connectivity index (χ3v) is 6.55. The van der Waals surface area contributed by atoms with Crippen LogP contribution in [0.4, 0.5) is 5.69 Å². The van der Waals surface area contributed by atoms with Crippen molar-refractivity contribution in [2.24, 2.45) is 0 Å². The molecule has 0 saturated heterocycles. The van der Waals surface area contributed by atoms with Crippen LogP contribution < -0.4 is 9.04 Å². The Balaban J connectivity index is 2.04. The molecule has 3 aromatic rings. The standard InChI is InChI=1S/C23H22ClNO5S/c1-3-30-21-11-9-20(10-12-21)25(31(27,28)22-13-7-19(24)8-14-22)16-17-5-4-6-18(15-17)23(26)29-2/h4-15H,3,16H2,1-2H3. The lowest BCUT2D eigenvalue weighted by molar-refractivity contribution is 0.0600. The first-order chi connectivity index (χ1) is 14.8. The summed E-state index contributed by atoms with van der Waals surface area (Å²) < 4.78 is 38.5. The van der Waals surface area contributed by atoms with Crippen molar-refractivity contribution in [1.82, 2.24) is 0 Å². The van der Waals surface area contributed by atoms with Crippen LogP contribution in [0.3, 0.4) is 0 Å². The van der Waals surface area contributed by atoms with Gasteiger partial charge in [-0.15, -0.1) is 0 Å². The Bertz CT molecular complexity index is 1150. The minimum atomic E-state index is -3.92. The third-order valence-electron chi connectivity index (χ3n) is 4.51. The molecule has 6 nitrogen and oxygen atoms in total. The number of halogens is 1. The fraction of sp³-hybridized carbons (Fsp3) is 0.174. The summed E-state index contributed by atoms with van der Waals surface area (Å²) in [6.45, 7) is 2.40. The Morgan fingerprint density at radius 2 is 1.68 bits per heavy atom. The Morgan fingerprint density at radius 1 is 1.00 bits per heavy atom. The summed E-state index contributed by atoms with van der Waals surface area (Å²) in [5.41, 5.74) is 1.44. The molecule has 162 valence electrons. The van der Waals surface area contributed by atoms with Gasteiger partial charge in [-0.1, -0.05) is 23.7 Å². The maximum Gasteiger partial charge on any atom is 0.337 e. The van der Waals surface area contributed by atoms with Crippen LogP contribution in [-0.2, 0) is 21.3 Å². The van der Waals surface area contributed by atoms with Crippen LogP contribution >= 0.6 is 11.6 Å². The van der Waals surface area contributed by atoms with E-state index < -0.39 is 16.0 Å². The maximum absolute atomic E-state index is 13.5. The monoisotopic (exact) mass is 459 g/mol. The molecule has 0 aromatic heterocycles. The highest BCUT2D eigenvalue weighted by Crippen LogP contribution is 2.28. The lowest BCUT2D eigenvalue weighted by Crippen LogP contribution is -2.30. The normalized spacial score (nSPS) is 11.1.